The van der Waals surface area contributed by atoms with E-state index in [1.807, 2.05) is 37.3 Å². The Morgan fingerprint density at radius 2 is 1.74 bits per heavy atom. The van der Waals surface area contributed by atoms with E-state index in [-0.39, 0.29) is 11.5 Å². The summed E-state index contributed by atoms with van der Waals surface area (Å²) in [5.41, 5.74) is 8.02. The number of aromatic nitrogens is 4. The molecule has 4 rings (SSSR count). The highest BCUT2D eigenvalue weighted by Gasteiger charge is 2.18. The van der Waals surface area contributed by atoms with Gasteiger partial charge in [-0.05, 0) is 36.8 Å². The molecule has 2 aromatic carbocycles. The summed E-state index contributed by atoms with van der Waals surface area (Å²) < 4.78 is 14.8. The molecule has 2 heterocycles. The molecule has 9 heteroatoms. The van der Waals surface area contributed by atoms with Crippen LogP contribution in [0.3, 0.4) is 0 Å². The van der Waals surface area contributed by atoms with Crippen LogP contribution in [-0.4, -0.2) is 31.8 Å². The number of hydrazine groups is 1. The second kappa shape index (κ2) is 8.62. The first-order valence-corrected chi connectivity index (χ1v) is 9.61. The number of amides is 2. The lowest BCUT2D eigenvalue weighted by atomic mass is 10.1. The van der Waals surface area contributed by atoms with Crippen molar-refractivity contribution < 1.29 is 14.0 Å². The first kappa shape index (κ1) is 20.0. The topological polar surface area (TPSA) is 105 Å². The Morgan fingerprint density at radius 3 is 2.45 bits per heavy atom. The Morgan fingerprint density at radius 1 is 1.03 bits per heavy atom. The molecule has 0 fully saturated rings. The van der Waals surface area contributed by atoms with Gasteiger partial charge in [0, 0.05) is 5.56 Å². The fourth-order valence-corrected chi connectivity index (χ4v) is 3.15. The van der Waals surface area contributed by atoms with Gasteiger partial charge in [-0.15, -0.1) is 0 Å². The summed E-state index contributed by atoms with van der Waals surface area (Å²) in [7, 11) is 0. The number of nitrogens with one attached hydrogen (secondary N) is 3. The van der Waals surface area contributed by atoms with Gasteiger partial charge in [0.25, 0.3) is 11.8 Å². The highest BCUT2D eigenvalue weighted by atomic mass is 19.1. The number of hydrogen-bond donors (Lipinski definition) is 3. The van der Waals surface area contributed by atoms with E-state index in [1.54, 1.807) is 22.9 Å². The normalized spacial score (nSPS) is 10.6. The van der Waals surface area contributed by atoms with Crippen molar-refractivity contribution in [2.24, 2.45) is 0 Å². The Labute approximate surface area is 177 Å². The zero-order valence-electron chi connectivity index (χ0n) is 16.6. The predicted octanol–water partition coefficient (Wildman–Crippen LogP) is 3.04. The summed E-state index contributed by atoms with van der Waals surface area (Å²) in [6.07, 6.45) is 1.92. The van der Waals surface area contributed by atoms with Crippen LogP contribution in [0.2, 0.25) is 0 Å². The van der Waals surface area contributed by atoms with Crippen LogP contribution in [0.25, 0.3) is 16.9 Å². The Hall–Kier alpha value is -4.27. The van der Waals surface area contributed by atoms with E-state index >= 15 is 0 Å². The van der Waals surface area contributed by atoms with E-state index in [0.717, 1.165) is 5.56 Å². The minimum atomic E-state index is -0.535. The molecule has 0 bridgehead atoms. The Bertz CT molecular complexity index is 1210. The number of benzene rings is 2. The maximum Gasteiger partial charge on any atom is 0.287 e. The van der Waals surface area contributed by atoms with Crippen molar-refractivity contribution >= 4 is 11.8 Å². The Balaban J connectivity index is 1.45. The molecular weight excluding hydrogens is 399 g/mol. The number of aromatic amines is 1. The molecule has 0 aliphatic rings. The molecule has 8 nitrogen and oxygen atoms in total. The van der Waals surface area contributed by atoms with Crippen molar-refractivity contribution in [3.8, 4) is 16.9 Å². The van der Waals surface area contributed by atoms with E-state index < -0.39 is 11.8 Å². The Kier molecular flexibility index (Phi) is 5.57. The fourth-order valence-electron chi connectivity index (χ4n) is 3.15. The van der Waals surface area contributed by atoms with E-state index in [2.05, 4.69) is 26.1 Å². The first-order chi connectivity index (χ1) is 15.1. The summed E-state index contributed by atoms with van der Waals surface area (Å²) in [5, 5.41) is 11.0. The standard InChI is InChI=1S/C22H19FN6O2/c1-2-20-17(13-24-29(20)16-10-8-15(23)9-11-16)21(30)27-28-22(31)19-12-18(25-26-19)14-6-4-3-5-7-14/h3-13H,2H2,1H3,(H,25,26)(H,27,30)(H,28,31). The highest BCUT2D eigenvalue weighted by molar-refractivity contribution is 5.99. The average molecular weight is 418 g/mol. The van der Waals surface area contributed by atoms with Crippen molar-refractivity contribution in [3.63, 3.8) is 0 Å². The van der Waals surface area contributed by atoms with Crippen LogP contribution in [0.15, 0.2) is 66.9 Å². The minimum Gasteiger partial charge on any atom is -0.272 e. The predicted molar refractivity (Wildman–Crippen MR) is 112 cm³/mol. The summed E-state index contributed by atoms with van der Waals surface area (Å²) >= 11 is 0. The lowest BCUT2D eigenvalue weighted by Gasteiger charge is -2.09. The molecule has 4 aromatic rings. The molecule has 0 unspecified atom stereocenters. The van der Waals surface area contributed by atoms with Crippen LogP contribution in [0.4, 0.5) is 4.39 Å². The van der Waals surface area contributed by atoms with Gasteiger partial charge in [0.05, 0.1) is 28.8 Å². The smallest absolute Gasteiger partial charge is 0.272 e. The van der Waals surface area contributed by atoms with Crippen LogP contribution in [0.5, 0.6) is 0 Å². The van der Waals surface area contributed by atoms with Gasteiger partial charge in [0.2, 0.25) is 0 Å². The monoisotopic (exact) mass is 418 g/mol. The van der Waals surface area contributed by atoms with Crippen LogP contribution in [0, 0.1) is 5.82 Å². The van der Waals surface area contributed by atoms with Gasteiger partial charge in [-0.2, -0.15) is 10.2 Å². The number of nitrogens with zero attached hydrogens (tertiary/aromatic N) is 3. The number of carbonyl (C=O) groups is 2. The van der Waals surface area contributed by atoms with Crippen LogP contribution in [0.1, 0.15) is 33.5 Å². The maximum absolute atomic E-state index is 13.2. The number of hydrogen-bond acceptors (Lipinski definition) is 4. The molecular formula is C22H19FN6O2. The van der Waals surface area contributed by atoms with Gasteiger partial charge < -0.3 is 0 Å². The quantitative estimate of drug-likeness (QED) is 0.433. The van der Waals surface area contributed by atoms with Gasteiger partial charge in [-0.3, -0.25) is 25.5 Å². The molecule has 0 spiro atoms. The molecule has 0 saturated heterocycles. The van der Waals surface area contributed by atoms with Crippen molar-refractivity contribution in [2.45, 2.75) is 13.3 Å². The number of halogens is 1. The zero-order chi connectivity index (χ0) is 21.8. The van der Waals surface area contributed by atoms with Crippen molar-refractivity contribution in [3.05, 3.63) is 89.6 Å². The van der Waals surface area contributed by atoms with Gasteiger partial charge >= 0.3 is 0 Å². The lowest BCUT2D eigenvalue weighted by molar-refractivity contribution is 0.0843. The van der Waals surface area contributed by atoms with Crippen molar-refractivity contribution in [1.82, 2.24) is 30.8 Å². The van der Waals surface area contributed by atoms with Crippen LogP contribution in [-0.2, 0) is 6.42 Å². The number of H-pyrrole nitrogens is 1. The maximum atomic E-state index is 13.2. The number of rotatable bonds is 5. The molecule has 0 aliphatic carbocycles. The zero-order valence-corrected chi connectivity index (χ0v) is 16.6. The second-order valence-electron chi connectivity index (χ2n) is 6.69. The lowest BCUT2D eigenvalue weighted by Crippen LogP contribution is -2.42. The minimum absolute atomic E-state index is 0.205. The van der Waals surface area contributed by atoms with Crippen LogP contribution >= 0.6 is 0 Å². The van der Waals surface area contributed by atoms with Crippen LogP contribution < -0.4 is 10.9 Å². The van der Waals surface area contributed by atoms with E-state index in [4.69, 9.17) is 0 Å². The number of carbonyl (C=O) groups excluding carboxylic acids is 2. The molecule has 156 valence electrons. The SMILES string of the molecule is CCc1c(C(=O)NNC(=O)c2cc(-c3ccccc3)n[nH]2)cnn1-c1ccc(F)cc1. The molecule has 3 N–H and O–H groups in total. The fraction of sp³-hybridized carbons (Fsp3) is 0.0909. The summed E-state index contributed by atoms with van der Waals surface area (Å²) in [5.74, 6) is -1.41. The van der Waals surface area contributed by atoms with Gasteiger partial charge in [0.1, 0.15) is 11.5 Å². The van der Waals surface area contributed by atoms with E-state index in [0.29, 0.717) is 29.1 Å². The second-order valence-corrected chi connectivity index (χ2v) is 6.69. The van der Waals surface area contributed by atoms with Gasteiger partial charge in [0.15, 0.2) is 0 Å². The summed E-state index contributed by atoms with van der Waals surface area (Å²) in [4.78, 5) is 25.0. The average Bonchev–Trinajstić information content (AvgIpc) is 3.46. The van der Waals surface area contributed by atoms with Gasteiger partial charge in [-0.1, -0.05) is 37.3 Å². The molecule has 2 aromatic heterocycles. The third-order valence-corrected chi connectivity index (χ3v) is 4.70. The van der Waals surface area contributed by atoms with E-state index in [1.165, 1.54) is 18.3 Å². The molecule has 31 heavy (non-hydrogen) atoms. The summed E-state index contributed by atoms with van der Waals surface area (Å²) in [6, 6.07) is 16.8. The molecule has 2 amide bonds. The summed E-state index contributed by atoms with van der Waals surface area (Å²) in [6.45, 7) is 1.88. The molecule has 0 saturated carbocycles. The highest BCUT2D eigenvalue weighted by Crippen LogP contribution is 2.18. The molecule has 0 atom stereocenters. The van der Waals surface area contributed by atoms with Gasteiger partial charge in [-0.25, -0.2) is 9.07 Å². The van der Waals surface area contributed by atoms with Crippen molar-refractivity contribution in [2.75, 3.05) is 0 Å². The first-order valence-electron chi connectivity index (χ1n) is 9.61. The molecule has 0 aliphatic heterocycles. The third kappa shape index (κ3) is 4.20. The van der Waals surface area contributed by atoms with E-state index in [9.17, 15) is 14.0 Å². The molecule has 0 radical (unpaired) electrons. The van der Waals surface area contributed by atoms with Crippen molar-refractivity contribution in [1.29, 1.82) is 0 Å². The largest absolute Gasteiger partial charge is 0.287 e. The third-order valence-electron chi connectivity index (χ3n) is 4.70.